The number of hydrogen-bond donors (Lipinski definition) is 3. The van der Waals surface area contributed by atoms with Crippen LogP contribution in [0.1, 0.15) is 0 Å². The van der Waals surface area contributed by atoms with Gasteiger partial charge in [-0.3, -0.25) is 14.9 Å². The van der Waals surface area contributed by atoms with Crippen molar-refractivity contribution in [2.45, 2.75) is 11.0 Å². The van der Waals surface area contributed by atoms with Crippen LogP contribution in [0.25, 0.3) is 0 Å². The third-order valence-corrected chi connectivity index (χ3v) is 3.64. The number of amides is 1. The molecule has 1 amide bonds. The summed E-state index contributed by atoms with van der Waals surface area (Å²) < 4.78 is 38.3. The Kier molecular flexibility index (Phi) is 4.70. The Hall–Kier alpha value is -2.11. The average Bonchev–Trinajstić information content (AvgIpc) is 2.35. The molecule has 0 aliphatic carbocycles. The smallest absolute Gasteiger partial charge is 0.306 e. The fourth-order valence-corrected chi connectivity index (χ4v) is 2.23. The topological polar surface area (TPSA) is 153 Å². The van der Waals surface area contributed by atoms with E-state index in [0.29, 0.717) is 12.1 Å². The van der Waals surface area contributed by atoms with Crippen molar-refractivity contribution in [1.29, 1.82) is 0 Å². The van der Waals surface area contributed by atoms with Gasteiger partial charge in [0.15, 0.2) is 0 Å². The largest absolute Gasteiger partial charge is 0.382 e. The lowest BCUT2D eigenvalue weighted by molar-refractivity contribution is -0.387. The fourth-order valence-electron chi connectivity index (χ4n) is 1.17. The average molecular weight is 307 g/mol. The van der Waals surface area contributed by atoms with Gasteiger partial charge in [-0.25, -0.2) is 13.1 Å². The Bertz CT molecular complexity index is 647. The zero-order valence-electron chi connectivity index (χ0n) is 9.82. The minimum atomic E-state index is -4.25. The van der Waals surface area contributed by atoms with Crippen molar-refractivity contribution in [3.8, 4) is 0 Å². The quantitative estimate of drug-likeness (QED) is 0.446. The second-order valence-electron chi connectivity index (χ2n) is 3.64. The summed E-state index contributed by atoms with van der Waals surface area (Å²) in [6, 6.07) is 1.95. The van der Waals surface area contributed by atoms with Gasteiger partial charge in [-0.15, -0.1) is 0 Å². The number of aliphatic hydroxyl groups excluding tert-OH is 1. The summed E-state index contributed by atoms with van der Waals surface area (Å²) in [5.41, 5.74) is 3.71. The number of sulfonamides is 1. The van der Waals surface area contributed by atoms with E-state index in [1.165, 1.54) is 0 Å². The second-order valence-corrected chi connectivity index (χ2v) is 5.41. The normalized spacial score (nSPS) is 12.9. The van der Waals surface area contributed by atoms with Crippen LogP contribution in [-0.2, 0) is 14.8 Å². The van der Waals surface area contributed by atoms with Crippen LogP contribution in [0, 0.1) is 15.9 Å². The van der Waals surface area contributed by atoms with Crippen molar-refractivity contribution in [3.63, 3.8) is 0 Å². The summed E-state index contributed by atoms with van der Waals surface area (Å²) >= 11 is 0. The third kappa shape index (κ3) is 3.69. The van der Waals surface area contributed by atoms with Gasteiger partial charge >= 0.3 is 5.69 Å². The number of benzene rings is 1. The van der Waals surface area contributed by atoms with Gasteiger partial charge in [0.1, 0.15) is 6.10 Å². The number of hydrogen-bond acceptors (Lipinski definition) is 6. The molecular formula is C9H10FN3O6S. The zero-order valence-corrected chi connectivity index (χ0v) is 10.6. The number of nitrogens with zero attached hydrogens (tertiary/aromatic N) is 1. The molecule has 110 valence electrons. The molecule has 0 aliphatic heterocycles. The van der Waals surface area contributed by atoms with Crippen LogP contribution in [0.4, 0.5) is 10.1 Å². The van der Waals surface area contributed by atoms with Crippen LogP contribution in [0.3, 0.4) is 0 Å². The molecule has 11 heteroatoms. The molecule has 1 rings (SSSR count). The van der Waals surface area contributed by atoms with E-state index >= 15 is 0 Å². The Balaban J connectivity index is 3.01. The zero-order chi connectivity index (χ0) is 15.5. The molecule has 1 aromatic rings. The molecule has 0 saturated heterocycles. The number of nitrogens with one attached hydrogen (secondary N) is 1. The summed E-state index contributed by atoms with van der Waals surface area (Å²) in [6.45, 7) is -0.706. The van der Waals surface area contributed by atoms with Gasteiger partial charge < -0.3 is 10.8 Å². The van der Waals surface area contributed by atoms with Crippen molar-refractivity contribution in [2.24, 2.45) is 5.73 Å². The lowest BCUT2D eigenvalue weighted by Gasteiger charge is -2.09. The van der Waals surface area contributed by atoms with Crippen LogP contribution >= 0.6 is 0 Å². The lowest BCUT2D eigenvalue weighted by Crippen LogP contribution is -2.39. The number of nitro groups is 1. The second kappa shape index (κ2) is 5.90. The van der Waals surface area contributed by atoms with Crippen LogP contribution in [-0.4, -0.2) is 37.0 Å². The Morgan fingerprint density at radius 2 is 2.15 bits per heavy atom. The summed E-state index contributed by atoms with van der Waals surface area (Å²) in [5, 5.41) is 19.6. The molecule has 1 unspecified atom stereocenters. The predicted molar refractivity (Wildman–Crippen MR) is 63.4 cm³/mol. The van der Waals surface area contributed by atoms with Crippen molar-refractivity contribution in [2.75, 3.05) is 6.54 Å². The first kappa shape index (κ1) is 15.9. The van der Waals surface area contributed by atoms with Crippen LogP contribution in [0.2, 0.25) is 0 Å². The number of carbonyl (C=O) groups excluding carboxylic acids is 1. The highest BCUT2D eigenvalue weighted by Gasteiger charge is 2.23. The van der Waals surface area contributed by atoms with Crippen LogP contribution in [0.5, 0.6) is 0 Å². The van der Waals surface area contributed by atoms with Crippen molar-refractivity contribution >= 4 is 21.6 Å². The number of aliphatic hydroxyl groups is 1. The standard InChI is InChI=1S/C9H10FN3O6S/c10-6-2-1-5(3-7(6)13(16)17)20(18,19)12-4-8(14)9(11)15/h1-3,8,12,14H,4H2,(H2,11,15). The Morgan fingerprint density at radius 3 is 2.65 bits per heavy atom. The molecule has 0 spiro atoms. The number of nitro benzene ring substituents is 1. The summed E-state index contributed by atoms with van der Waals surface area (Å²) in [7, 11) is -4.25. The predicted octanol–water partition coefficient (Wildman–Crippen LogP) is -1.14. The molecule has 0 aliphatic rings. The van der Waals surface area contributed by atoms with E-state index in [1.54, 1.807) is 0 Å². The van der Waals surface area contributed by atoms with Crippen LogP contribution in [0.15, 0.2) is 23.1 Å². The van der Waals surface area contributed by atoms with E-state index in [-0.39, 0.29) is 0 Å². The number of nitrogens with two attached hydrogens (primary N) is 1. The van der Waals surface area contributed by atoms with Gasteiger partial charge in [0.05, 0.1) is 9.82 Å². The van der Waals surface area contributed by atoms with E-state index < -0.39 is 49.9 Å². The number of rotatable bonds is 6. The lowest BCUT2D eigenvalue weighted by atomic mass is 10.3. The van der Waals surface area contributed by atoms with Crippen molar-refractivity contribution in [1.82, 2.24) is 4.72 Å². The first-order valence-corrected chi connectivity index (χ1v) is 6.54. The third-order valence-electron chi connectivity index (χ3n) is 2.22. The maximum atomic E-state index is 13.1. The van der Waals surface area contributed by atoms with E-state index in [2.05, 4.69) is 0 Å². The Morgan fingerprint density at radius 1 is 1.55 bits per heavy atom. The highest BCUT2D eigenvalue weighted by Crippen LogP contribution is 2.21. The fraction of sp³-hybridized carbons (Fsp3) is 0.222. The van der Waals surface area contributed by atoms with Gasteiger partial charge in [0.25, 0.3) is 0 Å². The SMILES string of the molecule is NC(=O)C(O)CNS(=O)(=O)c1ccc(F)c([N+](=O)[O-])c1. The van der Waals surface area contributed by atoms with Gasteiger partial charge in [-0.05, 0) is 12.1 Å². The molecule has 9 nitrogen and oxygen atoms in total. The molecule has 0 saturated carbocycles. The summed E-state index contributed by atoms with van der Waals surface area (Å²) in [5.74, 6) is -2.33. The molecule has 0 radical (unpaired) electrons. The molecule has 0 aromatic heterocycles. The van der Waals surface area contributed by atoms with Crippen molar-refractivity contribution < 1.29 is 27.6 Å². The highest BCUT2D eigenvalue weighted by molar-refractivity contribution is 7.89. The molecule has 4 N–H and O–H groups in total. The molecule has 1 aromatic carbocycles. The van der Waals surface area contributed by atoms with Crippen LogP contribution < -0.4 is 10.5 Å². The van der Waals surface area contributed by atoms with Crippen molar-refractivity contribution in [3.05, 3.63) is 34.1 Å². The maximum Gasteiger partial charge on any atom is 0.306 e. The molecule has 20 heavy (non-hydrogen) atoms. The van der Waals surface area contributed by atoms with Gasteiger partial charge in [0.2, 0.25) is 21.7 Å². The first-order valence-electron chi connectivity index (χ1n) is 5.06. The molecule has 0 bridgehead atoms. The summed E-state index contributed by atoms with van der Waals surface area (Å²) in [4.78, 5) is 19.4. The monoisotopic (exact) mass is 307 g/mol. The molecule has 0 fully saturated rings. The maximum absolute atomic E-state index is 13.1. The minimum absolute atomic E-state index is 0.522. The number of halogens is 1. The van der Waals surface area contributed by atoms with E-state index in [9.17, 15) is 27.7 Å². The Labute approximate surface area is 112 Å². The summed E-state index contributed by atoms with van der Waals surface area (Å²) in [6.07, 6.45) is -1.75. The number of primary amides is 1. The van der Waals surface area contributed by atoms with E-state index in [0.717, 1.165) is 6.07 Å². The van der Waals surface area contributed by atoms with Gasteiger partial charge in [0, 0.05) is 12.6 Å². The van der Waals surface area contributed by atoms with E-state index in [1.807, 2.05) is 4.72 Å². The van der Waals surface area contributed by atoms with E-state index in [4.69, 9.17) is 10.8 Å². The number of carbonyl (C=O) groups is 1. The van der Waals surface area contributed by atoms with Gasteiger partial charge in [-0.2, -0.15) is 4.39 Å². The molecule has 0 heterocycles. The first-order chi connectivity index (χ1) is 9.15. The molecule has 1 atom stereocenters. The molecular weight excluding hydrogens is 297 g/mol. The van der Waals surface area contributed by atoms with Gasteiger partial charge in [-0.1, -0.05) is 0 Å². The minimum Gasteiger partial charge on any atom is -0.382 e. The highest BCUT2D eigenvalue weighted by atomic mass is 32.2.